The summed E-state index contributed by atoms with van der Waals surface area (Å²) in [7, 11) is -3.59. The highest BCUT2D eigenvalue weighted by molar-refractivity contribution is 7.90. The molecule has 0 aromatic heterocycles. The van der Waals surface area contributed by atoms with Crippen molar-refractivity contribution in [2.24, 2.45) is 4.40 Å². The summed E-state index contributed by atoms with van der Waals surface area (Å²) in [5.74, 6) is -0.726. The fourth-order valence-electron chi connectivity index (χ4n) is 3.62. The van der Waals surface area contributed by atoms with E-state index in [1.807, 2.05) is 24.3 Å². The van der Waals surface area contributed by atoms with Crippen LogP contribution >= 0.6 is 11.6 Å². The number of amides is 2. The Bertz CT molecular complexity index is 1070. The summed E-state index contributed by atoms with van der Waals surface area (Å²) < 4.78 is 27.4. The number of nitrogens with one attached hydrogen (secondary N) is 1. The van der Waals surface area contributed by atoms with Crippen molar-refractivity contribution in [3.8, 4) is 0 Å². The monoisotopic (exact) mass is 463 g/mol. The van der Waals surface area contributed by atoms with Crippen LogP contribution < -0.4 is 10.2 Å². The number of benzene rings is 1. The molecule has 4 rings (SSSR count). The van der Waals surface area contributed by atoms with E-state index < -0.39 is 15.9 Å². The van der Waals surface area contributed by atoms with Gasteiger partial charge in [0.05, 0.1) is 17.9 Å². The van der Waals surface area contributed by atoms with E-state index in [4.69, 9.17) is 11.6 Å². The number of halogens is 1. The minimum atomic E-state index is -3.59. The van der Waals surface area contributed by atoms with Crippen LogP contribution in [0.15, 0.2) is 52.6 Å². The number of hydrogen-bond donors (Lipinski definition) is 1. The van der Waals surface area contributed by atoms with Crippen molar-refractivity contribution in [2.75, 3.05) is 49.9 Å². The zero-order chi connectivity index (χ0) is 22.0. The third-order valence-electron chi connectivity index (χ3n) is 5.33. The number of carbonyl (C=O) groups is 2. The van der Waals surface area contributed by atoms with Crippen molar-refractivity contribution in [1.29, 1.82) is 0 Å². The van der Waals surface area contributed by atoms with E-state index in [9.17, 15) is 18.0 Å². The topological polar surface area (TPSA) is 102 Å². The second-order valence-electron chi connectivity index (χ2n) is 7.34. The first-order chi connectivity index (χ1) is 14.8. The molecule has 0 bridgehead atoms. The fourth-order valence-corrected chi connectivity index (χ4v) is 4.73. The van der Waals surface area contributed by atoms with Crippen molar-refractivity contribution in [3.63, 3.8) is 0 Å². The highest BCUT2D eigenvalue weighted by atomic mass is 35.5. The molecule has 0 unspecified atom stereocenters. The number of hydrogen-bond acceptors (Lipinski definition) is 6. The van der Waals surface area contributed by atoms with Gasteiger partial charge in [-0.2, -0.15) is 0 Å². The molecule has 1 aromatic rings. The van der Waals surface area contributed by atoms with Gasteiger partial charge in [0.1, 0.15) is 0 Å². The molecular formula is C20H22ClN5O4S. The Labute approximate surface area is 185 Å². The summed E-state index contributed by atoms with van der Waals surface area (Å²) in [5, 5.41) is 3.27. The second kappa shape index (κ2) is 8.72. The van der Waals surface area contributed by atoms with Crippen LogP contribution in [0.1, 0.15) is 0 Å². The van der Waals surface area contributed by atoms with Crippen molar-refractivity contribution in [1.82, 2.24) is 15.1 Å². The quantitative estimate of drug-likeness (QED) is 0.701. The predicted molar refractivity (Wildman–Crippen MR) is 118 cm³/mol. The Balaban J connectivity index is 1.31. The summed E-state index contributed by atoms with van der Waals surface area (Å²) in [4.78, 5) is 30.7. The molecule has 0 radical (unpaired) electrons. The molecular weight excluding hydrogens is 442 g/mol. The number of anilines is 1. The molecule has 1 aromatic carbocycles. The van der Waals surface area contributed by atoms with Crippen LogP contribution in [0.2, 0.25) is 5.02 Å². The zero-order valence-electron chi connectivity index (χ0n) is 16.7. The predicted octanol–water partition coefficient (Wildman–Crippen LogP) is 0.602. The van der Waals surface area contributed by atoms with Gasteiger partial charge >= 0.3 is 0 Å². The minimum absolute atomic E-state index is 0.0928. The van der Waals surface area contributed by atoms with Crippen molar-refractivity contribution in [2.45, 2.75) is 0 Å². The Morgan fingerprint density at radius 3 is 2.48 bits per heavy atom. The first kappa shape index (κ1) is 21.4. The average molecular weight is 464 g/mol. The van der Waals surface area contributed by atoms with Crippen LogP contribution in [0.5, 0.6) is 0 Å². The smallest absolute Gasteiger partial charge is 0.256 e. The maximum absolute atomic E-state index is 12.6. The van der Waals surface area contributed by atoms with E-state index in [-0.39, 0.29) is 36.2 Å². The summed E-state index contributed by atoms with van der Waals surface area (Å²) in [6.45, 7) is 2.52. The average Bonchev–Trinajstić information content (AvgIpc) is 2.77. The molecule has 3 aliphatic rings. The summed E-state index contributed by atoms with van der Waals surface area (Å²) in [5.41, 5.74) is 1.18. The number of fused-ring (bicyclic) bond motifs is 1. The third kappa shape index (κ3) is 4.91. The first-order valence-electron chi connectivity index (χ1n) is 9.87. The van der Waals surface area contributed by atoms with Crippen LogP contribution in [0.25, 0.3) is 0 Å². The molecule has 164 valence electrons. The standard InChI is InChI=1S/C20H22ClN5O4S/c21-15-3-5-16(6-4-15)24-8-10-25(11-9-24)18(27)14-22-20(28)17-2-1-7-26-12-13-31(29,30)23-19(17)26/h1-7H,8-14H2,(H,22,28). The molecule has 0 aliphatic carbocycles. The Morgan fingerprint density at radius 2 is 1.77 bits per heavy atom. The molecule has 3 aliphatic heterocycles. The van der Waals surface area contributed by atoms with E-state index in [1.54, 1.807) is 22.1 Å². The van der Waals surface area contributed by atoms with Gasteiger partial charge < -0.3 is 20.0 Å². The van der Waals surface area contributed by atoms with Crippen molar-refractivity contribution in [3.05, 3.63) is 53.2 Å². The lowest BCUT2D eigenvalue weighted by Gasteiger charge is -2.36. The lowest BCUT2D eigenvalue weighted by Crippen LogP contribution is -2.51. The Kier molecular flexibility index (Phi) is 6.01. The van der Waals surface area contributed by atoms with Gasteiger partial charge in [-0.05, 0) is 36.4 Å². The molecule has 9 nitrogen and oxygen atoms in total. The largest absolute Gasteiger partial charge is 0.368 e. The molecule has 11 heteroatoms. The SMILES string of the molecule is O=C(NCC(=O)N1CCN(c2ccc(Cl)cc2)CC1)C1=CC=CN2CCS(=O)(=O)N=C12. The summed E-state index contributed by atoms with van der Waals surface area (Å²) in [6, 6.07) is 7.57. The first-order valence-corrected chi connectivity index (χ1v) is 11.9. The lowest BCUT2D eigenvalue weighted by molar-refractivity contribution is -0.132. The molecule has 0 atom stereocenters. The normalized spacial score (nSPS) is 20.0. The molecule has 3 heterocycles. The van der Waals surface area contributed by atoms with Gasteiger partial charge in [0.15, 0.2) is 5.84 Å². The van der Waals surface area contributed by atoms with E-state index in [0.29, 0.717) is 31.2 Å². The van der Waals surface area contributed by atoms with Gasteiger partial charge in [-0.15, -0.1) is 4.40 Å². The number of rotatable bonds is 4. The van der Waals surface area contributed by atoms with E-state index in [2.05, 4.69) is 14.6 Å². The molecule has 1 saturated heterocycles. The maximum atomic E-state index is 12.6. The van der Waals surface area contributed by atoms with Crippen molar-refractivity contribution < 1.29 is 18.0 Å². The molecule has 31 heavy (non-hydrogen) atoms. The number of piperazine rings is 1. The molecule has 1 fully saturated rings. The highest BCUT2D eigenvalue weighted by Crippen LogP contribution is 2.20. The van der Waals surface area contributed by atoms with Gasteiger partial charge in [0.2, 0.25) is 5.91 Å². The number of carbonyl (C=O) groups excluding carboxylic acids is 2. The molecule has 0 spiro atoms. The summed E-state index contributed by atoms with van der Waals surface area (Å²) >= 11 is 5.93. The third-order valence-corrected chi connectivity index (χ3v) is 6.73. The lowest BCUT2D eigenvalue weighted by atomic mass is 10.1. The van der Waals surface area contributed by atoms with Crippen LogP contribution in [-0.4, -0.2) is 80.9 Å². The Hall–Kier alpha value is -2.85. The number of sulfonamides is 1. The van der Waals surface area contributed by atoms with Gasteiger partial charge in [0, 0.05) is 49.6 Å². The highest BCUT2D eigenvalue weighted by Gasteiger charge is 2.30. The van der Waals surface area contributed by atoms with Gasteiger partial charge in [-0.3, -0.25) is 9.59 Å². The molecule has 2 amide bonds. The number of amidine groups is 1. The van der Waals surface area contributed by atoms with Gasteiger partial charge in [-0.25, -0.2) is 8.42 Å². The number of allylic oxidation sites excluding steroid dienone is 2. The summed E-state index contributed by atoms with van der Waals surface area (Å²) in [6.07, 6.45) is 4.83. The van der Waals surface area contributed by atoms with Crippen LogP contribution in [0.3, 0.4) is 0 Å². The zero-order valence-corrected chi connectivity index (χ0v) is 18.3. The minimum Gasteiger partial charge on any atom is -0.368 e. The van der Waals surface area contributed by atoms with E-state index in [0.717, 1.165) is 5.69 Å². The second-order valence-corrected chi connectivity index (χ2v) is 9.53. The van der Waals surface area contributed by atoms with E-state index >= 15 is 0 Å². The van der Waals surface area contributed by atoms with Gasteiger partial charge in [-0.1, -0.05) is 11.6 Å². The van der Waals surface area contributed by atoms with Crippen molar-refractivity contribution >= 4 is 45.0 Å². The van der Waals surface area contributed by atoms with Crippen LogP contribution in [-0.2, 0) is 19.6 Å². The molecule has 1 N–H and O–H groups in total. The molecule has 0 saturated carbocycles. The Morgan fingerprint density at radius 1 is 1.06 bits per heavy atom. The van der Waals surface area contributed by atoms with Crippen LogP contribution in [0, 0.1) is 0 Å². The number of nitrogens with zero attached hydrogens (tertiary/aromatic N) is 4. The fraction of sp³-hybridized carbons (Fsp3) is 0.350. The van der Waals surface area contributed by atoms with Crippen LogP contribution in [0.4, 0.5) is 5.69 Å². The maximum Gasteiger partial charge on any atom is 0.256 e. The van der Waals surface area contributed by atoms with E-state index in [1.165, 1.54) is 6.08 Å². The van der Waals surface area contributed by atoms with Gasteiger partial charge in [0.25, 0.3) is 15.9 Å².